The molecule has 0 aliphatic heterocycles. The van der Waals surface area contributed by atoms with Crippen LogP contribution in [-0.2, 0) is 4.79 Å². The summed E-state index contributed by atoms with van der Waals surface area (Å²) in [7, 11) is 1.55. The highest BCUT2D eigenvalue weighted by molar-refractivity contribution is 6.32. The lowest BCUT2D eigenvalue weighted by Gasteiger charge is -2.10. The summed E-state index contributed by atoms with van der Waals surface area (Å²) in [6.07, 6.45) is 1.40. The minimum absolute atomic E-state index is 0.199. The van der Waals surface area contributed by atoms with Gasteiger partial charge < -0.3 is 18.6 Å². The molecular formula is C22H21ClN2O5. The molecule has 156 valence electrons. The van der Waals surface area contributed by atoms with E-state index in [9.17, 15) is 4.79 Å². The van der Waals surface area contributed by atoms with Crippen molar-refractivity contribution in [1.82, 2.24) is 5.43 Å². The summed E-state index contributed by atoms with van der Waals surface area (Å²) in [5.74, 6) is 2.34. The molecule has 0 radical (unpaired) electrons. The van der Waals surface area contributed by atoms with Gasteiger partial charge in [-0.05, 0) is 49.4 Å². The van der Waals surface area contributed by atoms with Gasteiger partial charge in [0.1, 0.15) is 17.3 Å². The highest BCUT2D eigenvalue weighted by Crippen LogP contribution is 2.31. The molecule has 3 rings (SSSR count). The van der Waals surface area contributed by atoms with E-state index in [0.29, 0.717) is 40.4 Å². The first-order chi connectivity index (χ1) is 14.6. The molecule has 0 spiro atoms. The minimum atomic E-state index is -0.411. The Balaban J connectivity index is 1.53. The van der Waals surface area contributed by atoms with Crippen molar-refractivity contribution in [2.75, 3.05) is 20.3 Å². The molecule has 7 nitrogen and oxygen atoms in total. The van der Waals surface area contributed by atoms with Crippen LogP contribution in [0, 0.1) is 0 Å². The summed E-state index contributed by atoms with van der Waals surface area (Å²) >= 11 is 6.15. The maximum Gasteiger partial charge on any atom is 0.277 e. The van der Waals surface area contributed by atoms with Gasteiger partial charge in [-0.25, -0.2) is 5.43 Å². The summed E-state index contributed by atoms with van der Waals surface area (Å²) in [5, 5.41) is 4.37. The Kier molecular flexibility index (Phi) is 7.34. The van der Waals surface area contributed by atoms with Gasteiger partial charge in [0, 0.05) is 5.56 Å². The average molecular weight is 429 g/mol. The first-order valence-corrected chi connectivity index (χ1v) is 9.58. The number of rotatable bonds is 9. The second-order valence-corrected chi connectivity index (χ2v) is 6.42. The van der Waals surface area contributed by atoms with Crippen LogP contribution in [-0.4, -0.2) is 32.4 Å². The van der Waals surface area contributed by atoms with Gasteiger partial charge in [-0.1, -0.05) is 23.7 Å². The number of hydrogen-bond donors (Lipinski definition) is 1. The van der Waals surface area contributed by atoms with E-state index in [2.05, 4.69) is 10.5 Å². The molecule has 0 aliphatic carbocycles. The number of carbonyl (C=O) groups is 1. The molecule has 0 unspecified atom stereocenters. The quantitative estimate of drug-likeness (QED) is 0.399. The number of halogens is 1. The molecule has 1 heterocycles. The van der Waals surface area contributed by atoms with E-state index in [1.54, 1.807) is 49.6 Å². The summed E-state index contributed by atoms with van der Waals surface area (Å²) in [4.78, 5) is 12.0. The van der Waals surface area contributed by atoms with Crippen molar-refractivity contribution in [3.8, 4) is 28.6 Å². The fraction of sp³-hybridized carbons (Fsp3) is 0.182. The lowest BCUT2D eigenvalue weighted by molar-refractivity contribution is -0.123. The van der Waals surface area contributed by atoms with Crippen LogP contribution in [0.5, 0.6) is 17.2 Å². The number of amides is 1. The number of nitrogens with one attached hydrogen (secondary N) is 1. The number of ether oxygens (including phenoxy) is 3. The van der Waals surface area contributed by atoms with Crippen LogP contribution >= 0.6 is 11.6 Å². The molecule has 3 aromatic rings. The minimum Gasteiger partial charge on any atom is -0.495 e. The predicted octanol–water partition coefficient (Wildman–Crippen LogP) is 4.54. The first-order valence-electron chi connectivity index (χ1n) is 9.21. The maximum atomic E-state index is 12.0. The molecule has 0 aliphatic rings. The van der Waals surface area contributed by atoms with E-state index in [1.165, 1.54) is 6.21 Å². The highest BCUT2D eigenvalue weighted by Gasteiger charge is 2.09. The van der Waals surface area contributed by atoms with Crippen LogP contribution in [0.25, 0.3) is 11.3 Å². The Morgan fingerprint density at radius 2 is 1.87 bits per heavy atom. The first kappa shape index (κ1) is 21.3. The molecule has 1 amide bonds. The highest BCUT2D eigenvalue weighted by atomic mass is 35.5. The van der Waals surface area contributed by atoms with Crippen LogP contribution in [0.15, 0.2) is 64.1 Å². The van der Waals surface area contributed by atoms with E-state index in [1.807, 2.05) is 19.1 Å². The SMILES string of the molecule is CCOc1ccccc1OCC(=O)N/N=C/c1ccc(-c2ccc(OC)c(Cl)c2)o1. The number of furan rings is 1. The van der Waals surface area contributed by atoms with Crippen LogP contribution < -0.4 is 19.6 Å². The smallest absolute Gasteiger partial charge is 0.277 e. The molecule has 0 saturated carbocycles. The number of para-hydroxylation sites is 2. The fourth-order valence-electron chi connectivity index (χ4n) is 2.58. The largest absolute Gasteiger partial charge is 0.495 e. The van der Waals surface area contributed by atoms with Crippen molar-refractivity contribution >= 4 is 23.7 Å². The molecule has 1 aromatic heterocycles. The molecule has 2 aromatic carbocycles. The molecule has 30 heavy (non-hydrogen) atoms. The van der Waals surface area contributed by atoms with Gasteiger partial charge in [0.2, 0.25) is 0 Å². The Bertz CT molecular complexity index is 1030. The lowest BCUT2D eigenvalue weighted by Crippen LogP contribution is -2.24. The predicted molar refractivity (Wildman–Crippen MR) is 115 cm³/mol. The Labute approximate surface area is 179 Å². The number of methoxy groups -OCH3 is 1. The third-order valence-electron chi connectivity index (χ3n) is 3.95. The van der Waals surface area contributed by atoms with Gasteiger partial charge in [0.15, 0.2) is 18.1 Å². The third kappa shape index (κ3) is 5.55. The number of carbonyl (C=O) groups excluding carboxylic acids is 1. The van der Waals surface area contributed by atoms with Crippen molar-refractivity contribution in [2.24, 2.45) is 5.10 Å². The molecule has 0 atom stereocenters. The third-order valence-corrected chi connectivity index (χ3v) is 4.25. The van der Waals surface area contributed by atoms with Crippen molar-refractivity contribution in [2.45, 2.75) is 6.92 Å². The van der Waals surface area contributed by atoms with E-state index < -0.39 is 5.91 Å². The topological polar surface area (TPSA) is 82.3 Å². The maximum absolute atomic E-state index is 12.0. The molecule has 0 saturated heterocycles. The van der Waals surface area contributed by atoms with Crippen LogP contribution in [0.2, 0.25) is 5.02 Å². The lowest BCUT2D eigenvalue weighted by atomic mass is 10.2. The van der Waals surface area contributed by atoms with Crippen molar-refractivity contribution in [3.63, 3.8) is 0 Å². The zero-order valence-corrected chi connectivity index (χ0v) is 17.3. The molecule has 0 fully saturated rings. The van der Waals surface area contributed by atoms with Crippen LogP contribution in [0.1, 0.15) is 12.7 Å². The zero-order chi connectivity index (χ0) is 21.3. The van der Waals surface area contributed by atoms with Crippen LogP contribution in [0.3, 0.4) is 0 Å². The summed E-state index contributed by atoms with van der Waals surface area (Å²) in [6.45, 7) is 2.18. The average Bonchev–Trinajstić information content (AvgIpc) is 3.22. The van der Waals surface area contributed by atoms with E-state index in [4.69, 9.17) is 30.2 Å². The van der Waals surface area contributed by atoms with Crippen molar-refractivity contribution in [1.29, 1.82) is 0 Å². The number of hydrazone groups is 1. The van der Waals surface area contributed by atoms with E-state index in [-0.39, 0.29) is 6.61 Å². The van der Waals surface area contributed by atoms with Gasteiger partial charge in [-0.3, -0.25) is 4.79 Å². The summed E-state index contributed by atoms with van der Waals surface area (Å²) < 4.78 is 21.8. The second-order valence-electron chi connectivity index (χ2n) is 6.01. The number of hydrogen-bond acceptors (Lipinski definition) is 6. The van der Waals surface area contributed by atoms with Gasteiger partial charge in [-0.2, -0.15) is 5.10 Å². The standard InChI is InChI=1S/C22H21ClN2O5/c1-3-28-20-6-4-5-7-21(20)29-14-22(26)25-24-13-16-9-11-18(30-16)15-8-10-19(27-2)17(23)12-15/h4-13H,3,14H2,1-2H3,(H,25,26)/b24-13+. The van der Waals surface area contributed by atoms with Crippen molar-refractivity contribution in [3.05, 3.63) is 65.4 Å². The van der Waals surface area contributed by atoms with E-state index in [0.717, 1.165) is 5.56 Å². The Hall–Kier alpha value is -3.45. The normalized spacial score (nSPS) is 10.8. The summed E-state index contributed by atoms with van der Waals surface area (Å²) in [6, 6.07) is 16.0. The summed E-state index contributed by atoms with van der Waals surface area (Å²) in [5.41, 5.74) is 3.19. The number of nitrogens with zero attached hydrogens (tertiary/aromatic N) is 1. The molecular weight excluding hydrogens is 408 g/mol. The molecule has 0 bridgehead atoms. The zero-order valence-electron chi connectivity index (χ0n) is 16.6. The van der Waals surface area contributed by atoms with Gasteiger partial charge in [-0.15, -0.1) is 0 Å². The van der Waals surface area contributed by atoms with Crippen LogP contribution in [0.4, 0.5) is 0 Å². The molecule has 1 N–H and O–H groups in total. The fourth-order valence-corrected chi connectivity index (χ4v) is 2.84. The van der Waals surface area contributed by atoms with Gasteiger partial charge in [0.25, 0.3) is 5.91 Å². The molecule has 8 heteroatoms. The van der Waals surface area contributed by atoms with Gasteiger partial charge in [0.05, 0.1) is 25.0 Å². The Morgan fingerprint density at radius 3 is 2.57 bits per heavy atom. The van der Waals surface area contributed by atoms with Crippen molar-refractivity contribution < 1.29 is 23.4 Å². The number of benzene rings is 2. The van der Waals surface area contributed by atoms with Gasteiger partial charge >= 0.3 is 0 Å². The second kappa shape index (κ2) is 10.4. The Morgan fingerprint density at radius 1 is 1.10 bits per heavy atom. The monoisotopic (exact) mass is 428 g/mol. The van der Waals surface area contributed by atoms with E-state index >= 15 is 0 Å².